The molecule has 0 bridgehead atoms. The minimum atomic E-state index is 0. The summed E-state index contributed by atoms with van der Waals surface area (Å²) in [5, 5.41) is 0. The van der Waals surface area contributed by atoms with Crippen molar-refractivity contribution in [3.8, 4) is 0 Å². The summed E-state index contributed by atoms with van der Waals surface area (Å²) in [5.74, 6) is 0. The SMILES string of the molecule is [B-]N.[B-]N.[Sr+2]. The van der Waals surface area contributed by atoms with Gasteiger partial charge in [-0.15, -0.1) is 0 Å². The normalized spacial score (nSPS) is 2.40. The van der Waals surface area contributed by atoms with E-state index in [1.54, 1.807) is 0 Å². The van der Waals surface area contributed by atoms with Crippen LogP contribution in [0.1, 0.15) is 0 Å². The van der Waals surface area contributed by atoms with E-state index < -0.39 is 0 Å². The molecule has 0 aromatic heterocycles. The summed E-state index contributed by atoms with van der Waals surface area (Å²) < 4.78 is 0. The fraction of sp³-hybridized carbons (Fsp3) is 0. The Labute approximate surface area is 71.8 Å². The van der Waals surface area contributed by atoms with Crippen LogP contribution in [0.2, 0.25) is 0 Å². The maximum absolute atomic E-state index is 4.00. The Balaban J connectivity index is -0.0000000133. The Morgan fingerprint density at radius 2 is 0.800 bits per heavy atom. The standard InChI is InChI=1S/2BH2N.Sr/c2*1-2;/h2*2H2;/q2*-1;+2. The van der Waals surface area contributed by atoms with Crippen LogP contribution < -0.4 is 11.3 Å². The van der Waals surface area contributed by atoms with Crippen molar-refractivity contribution in [3.05, 3.63) is 0 Å². The van der Waals surface area contributed by atoms with Gasteiger partial charge in [-0.2, -0.15) is 0 Å². The molecule has 0 rings (SSSR count). The van der Waals surface area contributed by atoms with E-state index in [1.807, 2.05) is 0 Å². The first-order valence-corrected chi connectivity index (χ1v) is 0.667. The smallest absolute Gasteiger partial charge is 0.605 e. The van der Waals surface area contributed by atoms with Crippen molar-refractivity contribution in [2.45, 2.75) is 0 Å². The van der Waals surface area contributed by atoms with E-state index in [0.29, 0.717) is 0 Å². The summed E-state index contributed by atoms with van der Waals surface area (Å²) >= 11 is 0. The van der Waals surface area contributed by atoms with Crippen molar-refractivity contribution >= 4 is 61.4 Å². The van der Waals surface area contributed by atoms with Crippen molar-refractivity contribution in [1.29, 1.82) is 0 Å². The van der Waals surface area contributed by atoms with Gasteiger partial charge < -0.3 is 27.3 Å². The van der Waals surface area contributed by atoms with Gasteiger partial charge >= 0.3 is 45.5 Å². The Morgan fingerprint density at radius 3 is 0.800 bits per heavy atom. The molecule has 6 radical (unpaired) electrons. The van der Waals surface area contributed by atoms with Crippen LogP contribution in [0.25, 0.3) is 0 Å². The summed E-state index contributed by atoms with van der Waals surface area (Å²) in [7, 11) is 8.00. The second kappa shape index (κ2) is 48.5. The molecule has 22 valence electrons. The van der Waals surface area contributed by atoms with Gasteiger partial charge in [0.05, 0.1) is 0 Å². The van der Waals surface area contributed by atoms with Gasteiger partial charge in [0.2, 0.25) is 0 Å². The van der Waals surface area contributed by atoms with Crippen LogP contribution >= 0.6 is 0 Å². The van der Waals surface area contributed by atoms with Gasteiger partial charge in [-0.25, -0.2) is 0 Å². The molecule has 0 fully saturated rings. The molecule has 5 heavy (non-hydrogen) atoms. The molecule has 0 amide bonds. The maximum atomic E-state index is 4.00. The molecule has 0 saturated heterocycles. The fourth-order valence-electron chi connectivity index (χ4n) is 0. The molecule has 0 saturated carbocycles. The Hall–Kier alpha value is 1.53. The number of hydrogen-bond donors (Lipinski definition) is 2. The van der Waals surface area contributed by atoms with Gasteiger partial charge in [0, 0.05) is 0 Å². The van der Waals surface area contributed by atoms with E-state index in [4.69, 9.17) is 0 Å². The molecule has 0 atom stereocenters. The first-order valence-electron chi connectivity index (χ1n) is 0.667. The summed E-state index contributed by atoms with van der Waals surface area (Å²) in [6.45, 7) is 0. The second-order valence-corrected chi connectivity index (χ2v) is 0. The van der Waals surface area contributed by atoms with Crippen molar-refractivity contribution in [2.24, 2.45) is 11.3 Å². The van der Waals surface area contributed by atoms with E-state index in [1.165, 1.54) is 0 Å². The second-order valence-electron chi connectivity index (χ2n) is 0. The minimum Gasteiger partial charge on any atom is -0.605 e. The molecular formula is H4B2N2Sr. The van der Waals surface area contributed by atoms with Gasteiger partial charge in [-0.3, -0.25) is 0 Å². The molecule has 0 aromatic carbocycles. The molecule has 0 spiro atoms. The molecular weight excluding hydrogens is 137 g/mol. The Bertz CT molecular complexity index is 7.61. The van der Waals surface area contributed by atoms with Crippen molar-refractivity contribution in [2.75, 3.05) is 0 Å². The van der Waals surface area contributed by atoms with E-state index in [2.05, 4.69) is 27.3 Å². The zero-order valence-electron chi connectivity index (χ0n) is 3.02. The number of hydrogen-bond acceptors (Lipinski definition) is 2. The van der Waals surface area contributed by atoms with Crippen molar-refractivity contribution in [1.82, 2.24) is 0 Å². The summed E-state index contributed by atoms with van der Waals surface area (Å²) in [6, 6.07) is 0. The van der Waals surface area contributed by atoms with Crippen LogP contribution in [-0.2, 0) is 0 Å². The average Bonchev–Trinajstić information content (AvgIpc) is 1.50. The maximum Gasteiger partial charge on any atom is 2.00 e. The minimum absolute atomic E-state index is 0. The first kappa shape index (κ1) is 16.0. The predicted molar refractivity (Wildman–Crippen MR) is 25.6 cm³/mol. The van der Waals surface area contributed by atoms with Crippen molar-refractivity contribution in [3.63, 3.8) is 0 Å². The molecule has 0 aliphatic rings. The quantitative estimate of drug-likeness (QED) is 0.372. The number of rotatable bonds is 0. The molecule has 4 N–H and O–H groups in total. The molecule has 2 nitrogen and oxygen atoms in total. The van der Waals surface area contributed by atoms with Gasteiger partial charge in [-0.05, 0) is 0 Å². The monoisotopic (exact) mass is 142 g/mol. The largest absolute Gasteiger partial charge is 2.00 e. The Kier molecular flexibility index (Phi) is 155. The van der Waals surface area contributed by atoms with Crippen LogP contribution in [0.5, 0.6) is 0 Å². The third-order valence-corrected chi connectivity index (χ3v) is 0. The van der Waals surface area contributed by atoms with E-state index >= 15 is 0 Å². The third kappa shape index (κ3) is 29.4. The topological polar surface area (TPSA) is 52.0 Å². The molecule has 0 aromatic rings. The van der Waals surface area contributed by atoms with Crippen LogP contribution in [0.3, 0.4) is 0 Å². The fourth-order valence-corrected chi connectivity index (χ4v) is 0. The first-order chi connectivity index (χ1) is 2.00. The summed E-state index contributed by atoms with van der Waals surface area (Å²) in [6.07, 6.45) is 0. The van der Waals surface area contributed by atoms with Gasteiger partial charge in [0.15, 0.2) is 0 Å². The van der Waals surface area contributed by atoms with Crippen LogP contribution in [-0.4, -0.2) is 61.4 Å². The zero-order valence-corrected chi connectivity index (χ0v) is 6.49. The van der Waals surface area contributed by atoms with Crippen LogP contribution in [0.15, 0.2) is 0 Å². The summed E-state index contributed by atoms with van der Waals surface area (Å²) in [5.41, 5.74) is 8.00. The van der Waals surface area contributed by atoms with Gasteiger partial charge in [0.1, 0.15) is 0 Å². The predicted octanol–water partition coefficient (Wildman–Crippen LogP) is -2.32. The Morgan fingerprint density at radius 1 is 0.800 bits per heavy atom. The molecule has 0 heterocycles. The van der Waals surface area contributed by atoms with Gasteiger partial charge in [0.25, 0.3) is 0 Å². The molecule has 0 aliphatic heterocycles. The van der Waals surface area contributed by atoms with Crippen LogP contribution in [0.4, 0.5) is 0 Å². The summed E-state index contributed by atoms with van der Waals surface area (Å²) in [4.78, 5) is 0. The average molecular weight is 141 g/mol. The molecule has 0 unspecified atom stereocenters. The molecule has 0 aliphatic carbocycles. The number of nitrogens with two attached hydrogens (primary N) is 2. The third-order valence-electron chi connectivity index (χ3n) is 0. The van der Waals surface area contributed by atoms with Crippen molar-refractivity contribution < 1.29 is 0 Å². The van der Waals surface area contributed by atoms with E-state index in [9.17, 15) is 0 Å². The van der Waals surface area contributed by atoms with Crippen LogP contribution in [0, 0.1) is 0 Å². The van der Waals surface area contributed by atoms with Gasteiger partial charge in [-0.1, -0.05) is 0 Å². The molecule has 5 heteroatoms. The van der Waals surface area contributed by atoms with E-state index in [0.717, 1.165) is 0 Å². The van der Waals surface area contributed by atoms with E-state index in [-0.39, 0.29) is 45.5 Å². The zero-order chi connectivity index (χ0) is 4.00.